The molecule has 1 aromatic rings. The van der Waals surface area contributed by atoms with Crippen LogP contribution in [0.25, 0.3) is 0 Å². The number of benzene rings is 1. The second-order valence-electron chi connectivity index (χ2n) is 5.66. The molecule has 0 unspecified atom stereocenters. The minimum atomic E-state index is -0.663. The summed E-state index contributed by atoms with van der Waals surface area (Å²) >= 11 is 0. The first-order chi connectivity index (χ1) is 11.3. The standard InChI is InChI=1S/C16H20FN3O4/c1-10(21)19-5-6-20(9-12(8-19)15(18)22)16(23)11-3-4-14(24-2)13(17)7-11/h3-4,7,12H,5-6,8-9H2,1-2H3,(H2,18,22)/t12-/m0/s1. The largest absolute Gasteiger partial charge is 0.494 e. The van der Waals surface area contributed by atoms with Gasteiger partial charge in [0.25, 0.3) is 5.91 Å². The predicted octanol–water partition coefficient (Wildman–Crippen LogP) is 0.240. The van der Waals surface area contributed by atoms with Crippen molar-refractivity contribution in [2.45, 2.75) is 6.92 Å². The van der Waals surface area contributed by atoms with Crippen LogP contribution in [0.2, 0.25) is 0 Å². The minimum Gasteiger partial charge on any atom is -0.494 e. The molecule has 0 aliphatic carbocycles. The Balaban J connectivity index is 2.23. The normalized spacial score (nSPS) is 18.0. The first-order valence-corrected chi connectivity index (χ1v) is 7.51. The number of nitrogens with two attached hydrogens (primary N) is 1. The lowest BCUT2D eigenvalue weighted by molar-refractivity contribution is -0.130. The molecular weight excluding hydrogens is 317 g/mol. The number of primary amides is 1. The van der Waals surface area contributed by atoms with Gasteiger partial charge >= 0.3 is 0 Å². The minimum absolute atomic E-state index is 0.0418. The molecule has 0 radical (unpaired) electrons. The van der Waals surface area contributed by atoms with Crippen LogP contribution in [0.4, 0.5) is 4.39 Å². The maximum absolute atomic E-state index is 13.8. The molecule has 7 nitrogen and oxygen atoms in total. The third kappa shape index (κ3) is 3.81. The molecule has 1 saturated heterocycles. The van der Waals surface area contributed by atoms with Crippen molar-refractivity contribution in [1.82, 2.24) is 9.80 Å². The number of carbonyl (C=O) groups is 3. The lowest BCUT2D eigenvalue weighted by atomic mass is 10.1. The van der Waals surface area contributed by atoms with E-state index >= 15 is 0 Å². The van der Waals surface area contributed by atoms with Gasteiger partial charge in [0, 0.05) is 38.7 Å². The van der Waals surface area contributed by atoms with Crippen LogP contribution in [-0.4, -0.2) is 60.8 Å². The molecule has 1 aromatic carbocycles. The molecule has 130 valence electrons. The summed E-state index contributed by atoms with van der Waals surface area (Å²) in [5, 5.41) is 0. The van der Waals surface area contributed by atoms with Gasteiger partial charge in [0.1, 0.15) is 0 Å². The average Bonchev–Trinajstić information content (AvgIpc) is 2.77. The molecule has 0 saturated carbocycles. The zero-order chi connectivity index (χ0) is 17.9. The van der Waals surface area contributed by atoms with Gasteiger partial charge in [-0.2, -0.15) is 0 Å². The van der Waals surface area contributed by atoms with Crippen LogP contribution in [0.5, 0.6) is 5.75 Å². The Labute approximate surface area is 139 Å². The summed E-state index contributed by atoms with van der Waals surface area (Å²) < 4.78 is 18.6. The van der Waals surface area contributed by atoms with Crippen molar-refractivity contribution in [3.05, 3.63) is 29.6 Å². The van der Waals surface area contributed by atoms with Crippen LogP contribution >= 0.6 is 0 Å². The summed E-state index contributed by atoms with van der Waals surface area (Å²) in [5.74, 6) is -2.46. The molecule has 2 rings (SSSR count). The number of hydrogen-bond donors (Lipinski definition) is 1. The highest BCUT2D eigenvalue weighted by Gasteiger charge is 2.30. The Bertz CT molecular complexity index is 665. The Morgan fingerprint density at radius 3 is 2.38 bits per heavy atom. The predicted molar refractivity (Wildman–Crippen MR) is 83.8 cm³/mol. The van der Waals surface area contributed by atoms with Gasteiger partial charge in [-0.1, -0.05) is 0 Å². The Morgan fingerprint density at radius 1 is 1.21 bits per heavy atom. The summed E-state index contributed by atoms with van der Waals surface area (Å²) in [6, 6.07) is 3.92. The van der Waals surface area contributed by atoms with E-state index in [0.717, 1.165) is 6.07 Å². The smallest absolute Gasteiger partial charge is 0.254 e. The number of rotatable bonds is 3. The Hall–Kier alpha value is -2.64. The van der Waals surface area contributed by atoms with Gasteiger partial charge in [-0.15, -0.1) is 0 Å². The van der Waals surface area contributed by atoms with Crippen LogP contribution in [0.15, 0.2) is 18.2 Å². The van der Waals surface area contributed by atoms with E-state index in [4.69, 9.17) is 10.5 Å². The summed E-state index contributed by atoms with van der Waals surface area (Å²) in [6.45, 7) is 2.20. The topological polar surface area (TPSA) is 92.9 Å². The second-order valence-corrected chi connectivity index (χ2v) is 5.66. The molecular formula is C16H20FN3O4. The van der Waals surface area contributed by atoms with Crippen molar-refractivity contribution in [2.75, 3.05) is 33.3 Å². The van der Waals surface area contributed by atoms with E-state index in [0.29, 0.717) is 6.54 Å². The Morgan fingerprint density at radius 2 is 1.83 bits per heavy atom. The van der Waals surface area contributed by atoms with Gasteiger partial charge in [-0.3, -0.25) is 14.4 Å². The summed E-state index contributed by atoms with van der Waals surface area (Å²) in [5.41, 5.74) is 5.52. The number of nitrogens with zero attached hydrogens (tertiary/aromatic N) is 2. The molecule has 1 fully saturated rings. The van der Waals surface area contributed by atoms with Crippen molar-refractivity contribution < 1.29 is 23.5 Å². The number of ether oxygens (including phenoxy) is 1. The van der Waals surface area contributed by atoms with Crippen molar-refractivity contribution >= 4 is 17.7 Å². The lowest BCUT2D eigenvalue weighted by Crippen LogP contribution is -2.40. The van der Waals surface area contributed by atoms with Crippen LogP contribution in [-0.2, 0) is 9.59 Å². The zero-order valence-electron chi connectivity index (χ0n) is 13.6. The highest BCUT2D eigenvalue weighted by atomic mass is 19.1. The molecule has 0 bridgehead atoms. The quantitative estimate of drug-likeness (QED) is 0.855. The molecule has 1 atom stereocenters. The van der Waals surface area contributed by atoms with Crippen molar-refractivity contribution in [2.24, 2.45) is 11.7 Å². The van der Waals surface area contributed by atoms with Crippen LogP contribution in [0.1, 0.15) is 17.3 Å². The van der Waals surface area contributed by atoms with E-state index in [1.807, 2.05) is 0 Å². The average molecular weight is 337 g/mol. The maximum Gasteiger partial charge on any atom is 0.254 e. The number of carbonyl (C=O) groups excluding carboxylic acids is 3. The SMILES string of the molecule is COc1ccc(C(=O)N2CCN(C(C)=O)C[C@H](C(N)=O)C2)cc1F. The molecule has 1 heterocycles. The van der Waals surface area contributed by atoms with Crippen molar-refractivity contribution in [3.63, 3.8) is 0 Å². The number of methoxy groups -OCH3 is 1. The fraction of sp³-hybridized carbons (Fsp3) is 0.438. The van der Waals surface area contributed by atoms with E-state index < -0.39 is 23.5 Å². The molecule has 0 spiro atoms. The monoisotopic (exact) mass is 337 g/mol. The van der Waals surface area contributed by atoms with Gasteiger partial charge in [0.15, 0.2) is 11.6 Å². The molecule has 1 aliphatic heterocycles. The van der Waals surface area contributed by atoms with E-state index in [-0.39, 0.29) is 36.9 Å². The molecule has 24 heavy (non-hydrogen) atoms. The molecule has 1 aliphatic rings. The zero-order valence-corrected chi connectivity index (χ0v) is 13.6. The van der Waals surface area contributed by atoms with E-state index in [9.17, 15) is 18.8 Å². The van der Waals surface area contributed by atoms with Crippen molar-refractivity contribution in [3.8, 4) is 5.75 Å². The summed E-state index contributed by atoms with van der Waals surface area (Å²) in [4.78, 5) is 38.7. The van der Waals surface area contributed by atoms with Crippen LogP contribution < -0.4 is 10.5 Å². The first kappa shape index (κ1) is 17.7. The molecule has 2 N–H and O–H groups in total. The van der Waals surface area contributed by atoms with Crippen LogP contribution in [0.3, 0.4) is 0 Å². The highest BCUT2D eigenvalue weighted by Crippen LogP contribution is 2.20. The van der Waals surface area contributed by atoms with E-state index in [2.05, 4.69) is 0 Å². The molecule has 8 heteroatoms. The lowest BCUT2D eigenvalue weighted by Gasteiger charge is -2.22. The van der Waals surface area contributed by atoms with Gasteiger partial charge in [-0.05, 0) is 18.2 Å². The van der Waals surface area contributed by atoms with Gasteiger partial charge < -0.3 is 20.3 Å². The Kier molecular flexibility index (Phi) is 5.38. The van der Waals surface area contributed by atoms with Gasteiger partial charge in [-0.25, -0.2) is 4.39 Å². The fourth-order valence-electron chi connectivity index (χ4n) is 2.65. The van der Waals surface area contributed by atoms with E-state index in [1.165, 1.54) is 36.0 Å². The van der Waals surface area contributed by atoms with Gasteiger partial charge in [0.2, 0.25) is 11.8 Å². The van der Waals surface area contributed by atoms with Gasteiger partial charge in [0.05, 0.1) is 13.0 Å². The third-order valence-corrected chi connectivity index (χ3v) is 4.06. The number of hydrogen-bond acceptors (Lipinski definition) is 4. The number of halogens is 1. The fourth-order valence-corrected chi connectivity index (χ4v) is 2.65. The maximum atomic E-state index is 13.8. The first-order valence-electron chi connectivity index (χ1n) is 7.51. The summed E-state index contributed by atoms with van der Waals surface area (Å²) in [7, 11) is 1.34. The molecule has 0 aromatic heterocycles. The third-order valence-electron chi connectivity index (χ3n) is 4.06. The highest BCUT2D eigenvalue weighted by molar-refractivity contribution is 5.95. The van der Waals surface area contributed by atoms with Crippen molar-refractivity contribution in [1.29, 1.82) is 0 Å². The number of amides is 3. The summed E-state index contributed by atoms with van der Waals surface area (Å²) in [6.07, 6.45) is 0. The molecule has 3 amide bonds. The second kappa shape index (κ2) is 7.29. The van der Waals surface area contributed by atoms with E-state index in [1.54, 1.807) is 0 Å². The van der Waals surface area contributed by atoms with Crippen LogP contribution in [0, 0.1) is 11.7 Å².